The second-order valence-corrected chi connectivity index (χ2v) is 9.40. The normalized spacial score (nSPS) is 23.5. The molecule has 2 amide bonds. The number of carbonyl (C=O) groups is 4. The number of Topliss-reactive ketones (excluding diaryl/α,β-unsaturated/α-hetero) is 2. The minimum absolute atomic E-state index is 0.111. The Labute approximate surface area is 213 Å². The Morgan fingerprint density at radius 3 is 2.16 bits per heavy atom. The minimum atomic E-state index is -0.953. The summed E-state index contributed by atoms with van der Waals surface area (Å²) in [6.07, 6.45) is 1.67. The SMILES string of the molecule is COc1ccc(C(=O)[C@H]2[C@H]3C(=O)N(c4ccc(C(C)=O)cc4)C(=O)[C@H]3[C@@H]3c4ccccc4C=NN23)cc1. The average Bonchev–Trinajstić information content (AvgIpc) is 3.40. The van der Waals surface area contributed by atoms with Crippen LogP contribution in [-0.2, 0) is 9.59 Å². The molecule has 3 aromatic carbocycles. The summed E-state index contributed by atoms with van der Waals surface area (Å²) in [7, 11) is 1.54. The van der Waals surface area contributed by atoms with E-state index in [4.69, 9.17) is 4.74 Å². The molecule has 0 aromatic heterocycles. The summed E-state index contributed by atoms with van der Waals surface area (Å²) in [5.74, 6) is -2.31. The number of imide groups is 1. The van der Waals surface area contributed by atoms with Gasteiger partial charge in [0.15, 0.2) is 11.6 Å². The molecular weight excluding hydrogens is 470 g/mol. The van der Waals surface area contributed by atoms with Gasteiger partial charge in [-0.25, -0.2) is 4.90 Å². The van der Waals surface area contributed by atoms with E-state index in [1.165, 1.54) is 6.92 Å². The zero-order valence-corrected chi connectivity index (χ0v) is 20.2. The number of hydrogen-bond acceptors (Lipinski definition) is 7. The number of benzene rings is 3. The molecule has 2 saturated heterocycles. The van der Waals surface area contributed by atoms with Gasteiger partial charge in [-0.2, -0.15) is 5.10 Å². The van der Waals surface area contributed by atoms with Gasteiger partial charge in [-0.3, -0.25) is 24.2 Å². The van der Waals surface area contributed by atoms with Crippen molar-refractivity contribution in [2.45, 2.75) is 19.0 Å². The third-order valence-electron chi connectivity index (χ3n) is 7.47. The molecule has 2 fully saturated rings. The van der Waals surface area contributed by atoms with Crippen LogP contribution in [0, 0.1) is 11.8 Å². The van der Waals surface area contributed by atoms with Gasteiger partial charge in [-0.1, -0.05) is 24.3 Å². The van der Waals surface area contributed by atoms with Crippen LogP contribution in [0.4, 0.5) is 5.69 Å². The van der Waals surface area contributed by atoms with E-state index in [1.54, 1.807) is 66.9 Å². The van der Waals surface area contributed by atoms with Crippen molar-refractivity contribution >= 4 is 35.3 Å². The molecule has 0 unspecified atom stereocenters. The standard InChI is InChI=1S/C29H23N3O5/c1-16(33)17-7-11-20(12-8-17)31-28(35)23-24(29(31)36)26(27(34)18-9-13-21(37-2)14-10-18)32-25(23)22-6-4-3-5-19(22)15-30-32/h3-15,23-26H,1-2H3/t23-,24+,25+,26-/m1/s1. The van der Waals surface area contributed by atoms with Crippen LogP contribution in [0.15, 0.2) is 77.9 Å². The van der Waals surface area contributed by atoms with E-state index in [-0.39, 0.29) is 17.5 Å². The number of amides is 2. The van der Waals surface area contributed by atoms with E-state index in [0.717, 1.165) is 16.0 Å². The third-order valence-corrected chi connectivity index (χ3v) is 7.47. The van der Waals surface area contributed by atoms with E-state index in [9.17, 15) is 19.2 Å². The summed E-state index contributed by atoms with van der Waals surface area (Å²) in [4.78, 5) is 54.6. The Morgan fingerprint density at radius 2 is 1.49 bits per heavy atom. The molecule has 0 bridgehead atoms. The molecule has 0 radical (unpaired) electrons. The summed E-state index contributed by atoms with van der Waals surface area (Å²) in [5.41, 5.74) is 2.97. The van der Waals surface area contributed by atoms with Crippen LogP contribution in [-0.4, -0.2) is 47.8 Å². The summed E-state index contributed by atoms with van der Waals surface area (Å²) in [6.45, 7) is 1.45. The zero-order valence-electron chi connectivity index (χ0n) is 20.2. The highest BCUT2D eigenvalue weighted by Gasteiger charge is 2.65. The minimum Gasteiger partial charge on any atom is -0.497 e. The molecule has 4 atom stereocenters. The monoisotopic (exact) mass is 493 g/mol. The lowest BCUT2D eigenvalue weighted by molar-refractivity contribution is -0.124. The first kappa shape index (κ1) is 22.8. The lowest BCUT2D eigenvalue weighted by atomic mass is 9.83. The first-order chi connectivity index (χ1) is 17.9. The van der Waals surface area contributed by atoms with Crippen molar-refractivity contribution in [1.29, 1.82) is 0 Å². The number of carbonyl (C=O) groups excluding carboxylic acids is 4. The van der Waals surface area contributed by atoms with Crippen molar-refractivity contribution in [1.82, 2.24) is 5.01 Å². The van der Waals surface area contributed by atoms with Gasteiger partial charge >= 0.3 is 0 Å². The summed E-state index contributed by atoms with van der Waals surface area (Å²) in [6, 6.07) is 19.2. The fraction of sp³-hybridized carbons (Fsp3) is 0.207. The number of ether oxygens (including phenoxy) is 1. The van der Waals surface area contributed by atoms with Gasteiger partial charge in [0.2, 0.25) is 11.8 Å². The number of hydrazone groups is 1. The number of methoxy groups -OCH3 is 1. The molecule has 0 N–H and O–H groups in total. The van der Waals surface area contributed by atoms with Gasteiger partial charge < -0.3 is 4.74 Å². The Kier molecular flexibility index (Phi) is 5.26. The topological polar surface area (TPSA) is 96.3 Å². The van der Waals surface area contributed by atoms with Crippen LogP contribution in [0.2, 0.25) is 0 Å². The number of ketones is 2. The Hall–Kier alpha value is -4.59. The highest BCUT2D eigenvalue weighted by Crippen LogP contribution is 2.53. The number of fused-ring (bicyclic) bond motifs is 5. The van der Waals surface area contributed by atoms with Crippen LogP contribution in [0.25, 0.3) is 0 Å². The lowest BCUT2D eigenvalue weighted by Crippen LogP contribution is -2.44. The number of anilines is 1. The van der Waals surface area contributed by atoms with E-state index < -0.39 is 29.8 Å². The van der Waals surface area contributed by atoms with Crippen molar-refractivity contribution in [2.75, 3.05) is 12.0 Å². The Balaban J connectivity index is 1.45. The number of nitrogens with zero attached hydrogens (tertiary/aromatic N) is 3. The molecule has 3 aromatic rings. The van der Waals surface area contributed by atoms with Crippen molar-refractivity contribution < 1.29 is 23.9 Å². The van der Waals surface area contributed by atoms with Gasteiger partial charge in [-0.05, 0) is 66.6 Å². The first-order valence-corrected chi connectivity index (χ1v) is 12.0. The fourth-order valence-corrected chi connectivity index (χ4v) is 5.69. The zero-order chi connectivity index (χ0) is 25.8. The predicted molar refractivity (Wildman–Crippen MR) is 136 cm³/mol. The Bertz CT molecular complexity index is 1480. The van der Waals surface area contributed by atoms with E-state index >= 15 is 0 Å². The maximum Gasteiger partial charge on any atom is 0.240 e. The van der Waals surface area contributed by atoms with E-state index in [2.05, 4.69) is 5.10 Å². The van der Waals surface area contributed by atoms with Crippen molar-refractivity contribution in [3.8, 4) is 5.75 Å². The molecular formula is C29H23N3O5. The molecule has 184 valence electrons. The van der Waals surface area contributed by atoms with Crippen LogP contribution in [0.1, 0.15) is 44.8 Å². The highest BCUT2D eigenvalue weighted by atomic mass is 16.5. The molecule has 3 heterocycles. The Morgan fingerprint density at radius 1 is 0.838 bits per heavy atom. The van der Waals surface area contributed by atoms with E-state index in [1.807, 2.05) is 24.3 Å². The van der Waals surface area contributed by atoms with Gasteiger partial charge in [0.25, 0.3) is 0 Å². The van der Waals surface area contributed by atoms with Gasteiger partial charge in [0.05, 0.1) is 36.9 Å². The molecule has 8 heteroatoms. The fourth-order valence-electron chi connectivity index (χ4n) is 5.69. The number of hydrogen-bond donors (Lipinski definition) is 0. The summed E-state index contributed by atoms with van der Waals surface area (Å²) in [5, 5.41) is 6.21. The molecule has 3 aliphatic rings. The third kappa shape index (κ3) is 3.40. The highest BCUT2D eigenvalue weighted by molar-refractivity contribution is 6.24. The molecule has 0 saturated carbocycles. The molecule has 8 nitrogen and oxygen atoms in total. The maximum atomic E-state index is 13.9. The molecule has 6 rings (SSSR count). The second kappa shape index (κ2) is 8.51. The molecule has 37 heavy (non-hydrogen) atoms. The molecule has 3 aliphatic heterocycles. The summed E-state index contributed by atoms with van der Waals surface area (Å²) < 4.78 is 5.21. The van der Waals surface area contributed by atoms with Crippen LogP contribution in [0.5, 0.6) is 5.75 Å². The van der Waals surface area contributed by atoms with Crippen molar-refractivity contribution in [3.05, 3.63) is 95.1 Å². The van der Waals surface area contributed by atoms with Crippen LogP contribution in [0.3, 0.4) is 0 Å². The largest absolute Gasteiger partial charge is 0.497 e. The molecule has 0 spiro atoms. The average molecular weight is 494 g/mol. The predicted octanol–water partition coefficient (Wildman–Crippen LogP) is 3.66. The second-order valence-electron chi connectivity index (χ2n) is 9.40. The molecule has 0 aliphatic carbocycles. The maximum absolute atomic E-state index is 13.9. The quantitative estimate of drug-likeness (QED) is 0.398. The van der Waals surface area contributed by atoms with Crippen molar-refractivity contribution in [2.24, 2.45) is 16.9 Å². The first-order valence-electron chi connectivity index (χ1n) is 12.0. The van der Waals surface area contributed by atoms with E-state index in [0.29, 0.717) is 22.6 Å². The van der Waals surface area contributed by atoms with Gasteiger partial charge in [0.1, 0.15) is 11.8 Å². The lowest BCUT2D eigenvalue weighted by Gasteiger charge is -2.33. The van der Waals surface area contributed by atoms with Gasteiger partial charge in [0, 0.05) is 11.1 Å². The van der Waals surface area contributed by atoms with Crippen molar-refractivity contribution in [3.63, 3.8) is 0 Å². The number of rotatable bonds is 5. The van der Waals surface area contributed by atoms with Crippen LogP contribution >= 0.6 is 0 Å². The van der Waals surface area contributed by atoms with Gasteiger partial charge in [-0.15, -0.1) is 0 Å². The smallest absolute Gasteiger partial charge is 0.240 e. The van der Waals surface area contributed by atoms with Crippen LogP contribution < -0.4 is 9.64 Å². The summed E-state index contributed by atoms with van der Waals surface area (Å²) >= 11 is 0.